The standard InChI is InChI=1S/C18H23N3O/c1-2-3-4-5-7-11-19-18-17(15-10-13-22-14-15)20-16-9-6-8-12-21(16)18/h6,8-10,12-14,19H,2-5,7,11H2,1H3. The van der Waals surface area contributed by atoms with Gasteiger partial charge in [0.15, 0.2) is 0 Å². The number of nitrogens with zero attached hydrogens (tertiary/aromatic N) is 2. The van der Waals surface area contributed by atoms with E-state index in [2.05, 4.69) is 16.6 Å². The fourth-order valence-corrected chi connectivity index (χ4v) is 2.70. The first-order chi connectivity index (χ1) is 10.9. The minimum Gasteiger partial charge on any atom is -0.472 e. The molecule has 4 nitrogen and oxygen atoms in total. The lowest BCUT2D eigenvalue weighted by Gasteiger charge is -2.08. The lowest BCUT2D eigenvalue weighted by molar-refractivity contribution is 0.568. The molecule has 0 unspecified atom stereocenters. The number of imidazole rings is 1. The molecule has 3 aromatic rings. The summed E-state index contributed by atoms with van der Waals surface area (Å²) in [4.78, 5) is 4.72. The van der Waals surface area contributed by atoms with Crippen molar-refractivity contribution in [3.63, 3.8) is 0 Å². The molecule has 0 saturated carbocycles. The van der Waals surface area contributed by atoms with Gasteiger partial charge in [-0.2, -0.15) is 0 Å². The van der Waals surface area contributed by atoms with Crippen LogP contribution in [-0.2, 0) is 0 Å². The molecule has 3 rings (SSSR count). The van der Waals surface area contributed by atoms with E-state index >= 15 is 0 Å². The average molecular weight is 297 g/mol. The molecule has 0 aliphatic carbocycles. The van der Waals surface area contributed by atoms with E-state index in [1.54, 1.807) is 12.5 Å². The van der Waals surface area contributed by atoms with Gasteiger partial charge in [0.2, 0.25) is 0 Å². The topological polar surface area (TPSA) is 42.5 Å². The SMILES string of the molecule is CCCCCCCNc1c(-c2ccoc2)nc2ccccn12. The van der Waals surface area contributed by atoms with E-state index in [1.807, 2.05) is 30.5 Å². The average Bonchev–Trinajstić information content (AvgIpc) is 3.18. The number of pyridine rings is 1. The molecule has 116 valence electrons. The van der Waals surface area contributed by atoms with E-state index in [1.165, 1.54) is 32.1 Å². The second-order valence-corrected chi connectivity index (χ2v) is 5.59. The smallest absolute Gasteiger partial charge is 0.139 e. The van der Waals surface area contributed by atoms with Crippen LogP contribution in [0.1, 0.15) is 39.0 Å². The van der Waals surface area contributed by atoms with Crippen molar-refractivity contribution in [1.82, 2.24) is 9.38 Å². The van der Waals surface area contributed by atoms with E-state index in [0.717, 1.165) is 29.3 Å². The highest BCUT2D eigenvalue weighted by Crippen LogP contribution is 2.29. The van der Waals surface area contributed by atoms with Crippen molar-refractivity contribution >= 4 is 11.5 Å². The number of hydrogen-bond donors (Lipinski definition) is 1. The fraction of sp³-hybridized carbons (Fsp3) is 0.389. The van der Waals surface area contributed by atoms with Gasteiger partial charge in [-0.3, -0.25) is 4.40 Å². The summed E-state index contributed by atoms with van der Waals surface area (Å²) in [6, 6.07) is 8.01. The quantitative estimate of drug-likeness (QED) is 0.596. The molecule has 0 bridgehead atoms. The van der Waals surface area contributed by atoms with Crippen LogP contribution in [0.25, 0.3) is 16.9 Å². The van der Waals surface area contributed by atoms with Crippen LogP contribution in [-0.4, -0.2) is 15.9 Å². The van der Waals surface area contributed by atoms with E-state index in [9.17, 15) is 0 Å². The molecule has 22 heavy (non-hydrogen) atoms. The molecule has 3 aromatic heterocycles. The molecular weight excluding hydrogens is 274 g/mol. The van der Waals surface area contributed by atoms with Crippen molar-refractivity contribution < 1.29 is 4.42 Å². The maximum Gasteiger partial charge on any atom is 0.139 e. The summed E-state index contributed by atoms with van der Waals surface area (Å²) in [6.07, 6.45) is 11.9. The number of nitrogens with one attached hydrogen (secondary N) is 1. The van der Waals surface area contributed by atoms with Gasteiger partial charge in [0, 0.05) is 18.3 Å². The van der Waals surface area contributed by atoms with Gasteiger partial charge in [-0.15, -0.1) is 0 Å². The van der Waals surface area contributed by atoms with Crippen LogP contribution in [0, 0.1) is 0 Å². The van der Waals surface area contributed by atoms with Gasteiger partial charge in [0.05, 0.1) is 12.5 Å². The highest BCUT2D eigenvalue weighted by atomic mass is 16.3. The highest BCUT2D eigenvalue weighted by Gasteiger charge is 2.14. The Morgan fingerprint density at radius 2 is 2.05 bits per heavy atom. The lowest BCUT2D eigenvalue weighted by atomic mass is 10.1. The monoisotopic (exact) mass is 297 g/mol. The molecule has 3 heterocycles. The molecule has 0 spiro atoms. The van der Waals surface area contributed by atoms with Crippen LogP contribution in [0.5, 0.6) is 0 Å². The van der Waals surface area contributed by atoms with Gasteiger partial charge in [0.25, 0.3) is 0 Å². The van der Waals surface area contributed by atoms with Crippen LogP contribution in [0.15, 0.2) is 47.4 Å². The molecule has 0 aliphatic heterocycles. The molecular formula is C18H23N3O. The maximum absolute atomic E-state index is 5.21. The number of rotatable bonds is 8. The number of fused-ring (bicyclic) bond motifs is 1. The molecule has 0 radical (unpaired) electrons. The maximum atomic E-state index is 5.21. The number of unbranched alkanes of at least 4 members (excludes halogenated alkanes) is 4. The highest BCUT2D eigenvalue weighted by molar-refractivity contribution is 5.75. The van der Waals surface area contributed by atoms with Gasteiger partial charge in [-0.05, 0) is 24.6 Å². The summed E-state index contributed by atoms with van der Waals surface area (Å²) in [5, 5.41) is 3.56. The Hall–Kier alpha value is -2.23. The zero-order valence-corrected chi connectivity index (χ0v) is 13.1. The molecule has 0 fully saturated rings. The molecule has 0 aromatic carbocycles. The van der Waals surface area contributed by atoms with Crippen LogP contribution >= 0.6 is 0 Å². The van der Waals surface area contributed by atoms with Gasteiger partial charge in [-0.1, -0.05) is 38.7 Å². The summed E-state index contributed by atoms with van der Waals surface area (Å²) < 4.78 is 7.32. The predicted octanol–water partition coefficient (Wildman–Crippen LogP) is 4.98. The third kappa shape index (κ3) is 3.16. The largest absolute Gasteiger partial charge is 0.472 e. The second-order valence-electron chi connectivity index (χ2n) is 5.59. The molecule has 4 heteroatoms. The Bertz CT molecular complexity index is 700. The zero-order chi connectivity index (χ0) is 15.2. The van der Waals surface area contributed by atoms with Crippen molar-refractivity contribution in [3.8, 4) is 11.3 Å². The molecule has 0 aliphatic rings. The molecule has 0 saturated heterocycles. The van der Waals surface area contributed by atoms with Crippen LogP contribution in [0.4, 0.5) is 5.82 Å². The molecule has 0 atom stereocenters. The van der Waals surface area contributed by atoms with Gasteiger partial charge >= 0.3 is 0 Å². The first-order valence-corrected chi connectivity index (χ1v) is 8.13. The van der Waals surface area contributed by atoms with Crippen LogP contribution in [0.2, 0.25) is 0 Å². The summed E-state index contributed by atoms with van der Waals surface area (Å²) in [5.74, 6) is 1.05. The van der Waals surface area contributed by atoms with Gasteiger partial charge in [0.1, 0.15) is 17.2 Å². The normalized spacial score (nSPS) is 11.1. The van der Waals surface area contributed by atoms with Gasteiger partial charge in [-0.25, -0.2) is 4.98 Å². The third-order valence-electron chi connectivity index (χ3n) is 3.90. The van der Waals surface area contributed by atoms with E-state index < -0.39 is 0 Å². The fourth-order valence-electron chi connectivity index (χ4n) is 2.70. The lowest BCUT2D eigenvalue weighted by Crippen LogP contribution is -2.05. The van der Waals surface area contributed by atoms with Crippen molar-refractivity contribution in [2.24, 2.45) is 0 Å². The Balaban J connectivity index is 1.76. The first-order valence-electron chi connectivity index (χ1n) is 8.13. The van der Waals surface area contributed by atoms with E-state index in [0.29, 0.717) is 0 Å². The van der Waals surface area contributed by atoms with Crippen LogP contribution < -0.4 is 5.32 Å². The summed E-state index contributed by atoms with van der Waals surface area (Å²) >= 11 is 0. The van der Waals surface area contributed by atoms with Crippen LogP contribution in [0.3, 0.4) is 0 Å². The van der Waals surface area contributed by atoms with Crippen molar-refractivity contribution in [3.05, 3.63) is 43.0 Å². The van der Waals surface area contributed by atoms with Crippen molar-refractivity contribution in [2.75, 3.05) is 11.9 Å². The second kappa shape index (κ2) is 7.16. The Morgan fingerprint density at radius 1 is 1.14 bits per heavy atom. The Morgan fingerprint density at radius 3 is 2.86 bits per heavy atom. The minimum atomic E-state index is 0.951. The summed E-state index contributed by atoms with van der Waals surface area (Å²) in [5.41, 5.74) is 2.91. The summed E-state index contributed by atoms with van der Waals surface area (Å²) in [6.45, 7) is 3.21. The Labute approximate surface area is 131 Å². The Kier molecular flexibility index (Phi) is 4.78. The molecule has 1 N–H and O–H groups in total. The van der Waals surface area contributed by atoms with Gasteiger partial charge < -0.3 is 9.73 Å². The first kappa shape index (κ1) is 14.7. The van der Waals surface area contributed by atoms with E-state index in [4.69, 9.17) is 9.40 Å². The minimum absolute atomic E-state index is 0.951. The summed E-state index contributed by atoms with van der Waals surface area (Å²) in [7, 11) is 0. The number of furan rings is 1. The predicted molar refractivity (Wildman–Crippen MR) is 90.1 cm³/mol. The number of anilines is 1. The number of aromatic nitrogens is 2. The molecule has 0 amide bonds. The van der Waals surface area contributed by atoms with E-state index in [-0.39, 0.29) is 0 Å². The third-order valence-corrected chi connectivity index (χ3v) is 3.90. The van der Waals surface area contributed by atoms with Crippen molar-refractivity contribution in [1.29, 1.82) is 0 Å². The number of hydrogen-bond acceptors (Lipinski definition) is 3. The van der Waals surface area contributed by atoms with Crippen molar-refractivity contribution in [2.45, 2.75) is 39.0 Å². The zero-order valence-electron chi connectivity index (χ0n) is 13.1.